The fraction of sp³-hybridized carbons (Fsp3) is 0.600. The lowest BCUT2D eigenvalue weighted by Gasteiger charge is -2.19. The van der Waals surface area contributed by atoms with Gasteiger partial charge in [0.1, 0.15) is 6.04 Å². The van der Waals surface area contributed by atoms with E-state index in [0.717, 1.165) is 0 Å². The molecule has 0 saturated heterocycles. The molecule has 0 aromatic carbocycles. The second kappa shape index (κ2) is 6.71. The van der Waals surface area contributed by atoms with E-state index >= 15 is 0 Å². The largest absolute Gasteiger partial charge is 0.480 e. The molecule has 0 aromatic rings. The second-order valence-corrected chi connectivity index (χ2v) is 3.13. The summed E-state index contributed by atoms with van der Waals surface area (Å²) >= 11 is 0. The number of nitrogens with one attached hydrogen (secondary N) is 1. The van der Waals surface area contributed by atoms with Crippen LogP contribution in [0.4, 0.5) is 4.79 Å². The third-order valence-electron chi connectivity index (χ3n) is 2.04. The predicted octanol–water partition coefficient (Wildman–Crippen LogP) is 0.845. The molecule has 0 aromatic heterocycles. The minimum absolute atomic E-state index is 0.166. The number of rotatable bonds is 5. The zero-order valence-electron chi connectivity index (χ0n) is 8.82. The molecule has 2 atom stereocenters. The molecule has 84 valence electrons. The zero-order chi connectivity index (χ0) is 11.8. The average molecular weight is 213 g/mol. The average Bonchev–Trinajstić information content (AvgIpc) is 2.21. The van der Waals surface area contributed by atoms with Crippen molar-refractivity contribution in [1.82, 2.24) is 5.32 Å². The number of carbonyl (C=O) groups excluding carboxylic acids is 1. The molecule has 5 heteroatoms. The molecule has 0 saturated carbocycles. The van der Waals surface area contributed by atoms with Crippen LogP contribution in [0.15, 0.2) is 0 Å². The van der Waals surface area contributed by atoms with E-state index in [-0.39, 0.29) is 12.5 Å². The molecule has 0 fully saturated rings. The number of ether oxygens (including phenoxy) is 1. The van der Waals surface area contributed by atoms with Crippen molar-refractivity contribution in [3.8, 4) is 12.3 Å². The third-order valence-corrected chi connectivity index (χ3v) is 2.04. The lowest BCUT2D eigenvalue weighted by Crippen LogP contribution is -2.45. The van der Waals surface area contributed by atoms with Crippen molar-refractivity contribution in [3.63, 3.8) is 0 Å². The molecule has 5 nitrogen and oxygen atoms in total. The summed E-state index contributed by atoms with van der Waals surface area (Å²) in [7, 11) is 0. The molecule has 0 rings (SSSR count). The first-order chi connectivity index (χ1) is 7.02. The van der Waals surface area contributed by atoms with Gasteiger partial charge in [0, 0.05) is 0 Å². The molecule has 2 N–H and O–H groups in total. The van der Waals surface area contributed by atoms with Gasteiger partial charge in [-0.15, -0.1) is 6.42 Å². The molecular weight excluding hydrogens is 198 g/mol. The van der Waals surface area contributed by atoms with Gasteiger partial charge in [0.25, 0.3) is 0 Å². The van der Waals surface area contributed by atoms with Gasteiger partial charge < -0.3 is 15.2 Å². The summed E-state index contributed by atoms with van der Waals surface area (Å²) in [6.45, 7) is 3.41. The molecular formula is C10H15NO4. The molecule has 0 unspecified atom stereocenters. The van der Waals surface area contributed by atoms with Crippen molar-refractivity contribution in [3.05, 3.63) is 0 Å². The summed E-state index contributed by atoms with van der Waals surface area (Å²) in [4.78, 5) is 21.8. The lowest BCUT2D eigenvalue weighted by atomic mass is 10.00. The smallest absolute Gasteiger partial charge is 0.408 e. The van der Waals surface area contributed by atoms with E-state index in [0.29, 0.717) is 6.42 Å². The Morgan fingerprint density at radius 3 is 2.60 bits per heavy atom. The topological polar surface area (TPSA) is 75.6 Å². The number of carbonyl (C=O) groups is 2. The van der Waals surface area contributed by atoms with Gasteiger partial charge in [-0.1, -0.05) is 26.2 Å². The van der Waals surface area contributed by atoms with Crippen LogP contribution in [0.25, 0.3) is 0 Å². The van der Waals surface area contributed by atoms with Crippen molar-refractivity contribution in [2.75, 3.05) is 6.61 Å². The van der Waals surface area contributed by atoms with Crippen molar-refractivity contribution in [2.45, 2.75) is 26.3 Å². The van der Waals surface area contributed by atoms with Crippen molar-refractivity contribution in [2.24, 2.45) is 5.92 Å². The summed E-state index contributed by atoms with van der Waals surface area (Å²) in [5.41, 5.74) is 0. The highest BCUT2D eigenvalue weighted by atomic mass is 16.5. The van der Waals surface area contributed by atoms with Crippen molar-refractivity contribution >= 4 is 12.1 Å². The van der Waals surface area contributed by atoms with E-state index in [1.165, 1.54) is 0 Å². The Morgan fingerprint density at radius 1 is 1.60 bits per heavy atom. The van der Waals surface area contributed by atoms with Crippen LogP contribution in [0.1, 0.15) is 20.3 Å². The van der Waals surface area contributed by atoms with Crippen LogP contribution in [-0.4, -0.2) is 29.8 Å². The number of aliphatic carboxylic acids is 1. The minimum Gasteiger partial charge on any atom is -0.480 e. The SMILES string of the molecule is C#CCOC(=O)N[C@H](C(=O)O)[C@@H](C)CC. The van der Waals surface area contributed by atoms with E-state index in [2.05, 4.69) is 16.0 Å². The van der Waals surface area contributed by atoms with Crippen molar-refractivity contribution in [1.29, 1.82) is 0 Å². The van der Waals surface area contributed by atoms with Gasteiger partial charge in [-0.3, -0.25) is 0 Å². The van der Waals surface area contributed by atoms with Gasteiger partial charge in [-0.05, 0) is 5.92 Å². The van der Waals surface area contributed by atoms with Gasteiger partial charge in [0.15, 0.2) is 6.61 Å². The lowest BCUT2D eigenvalue weighted by molar-refractivity contribution is -0.140. The Bertz CT molecular complexity index is 269. The van der Waals surface area contributed by atoms with E-state index in [9.17, 15) is 9.59 Å². The number of hydrogen-bond donors (Lipinski definition) is 2. The van der Waals surface area contributed by atoms with Crippen LogP contribution in [0.5, 0.6) is 0 Å². The van der Waals surface area contributed by atoms with Crippen LogP contribution in [0.2, 0.25) is 0 Å². The molecule has 0 spiro atoms. The van der Waals surface area contributed by atoms with E-state index in [1.807, 2.05) is 6.92 Å². The first-order valence-corrected chi connectivity index (χ1v) is 4.62. The highest BCUT2D eigenvalue weighted by molar-refractivity contribution is 5.80. The van der Waals surface area contributed by atoms with Gasteiger partial charge in [-0.25, -0.2) is 9.59 Å². The normalized spacial score (nSPS) is 13.4. The standard InChI is InChI=1S/C10H15NO4/c1-4-6-15-10(14)11-8(9(12)13)7(3)5-2/h1,7-8H,5-6H2,2-3H3,(H,11,14)(H,12,13)/t7-,8-/m0/s1. The molecule has 0 radical (unpaired) electrons. The summed E-state index contributed by atoms with van der Waals surface area (Å²) in [5, 5.41) is 11.1. The highest BCUT2D eigenvalue weighted by Crippen LogP contribution is 2.07. The second-order valence-electron chi connectivity index (χ2n) is 3.13. The van der Waals surface area contributed by atoms with E-state index in [1.54, 1.807) is 6.92 Å². The monoisotopic (exact) mass is 213 g/mol. The Balaban J connectivity index is 4.24. The molecule has 0 heterocycles. The molecule has 15 heavy (non-hydrogen) atoms. The summed E-state index contributed by atoms with van der Waals surface area (Å²) in [5.74, 6) is 0.866. The van der Waals surface area contributed by atoms with Gasteiger partial charge >= 0.3 is 12.1 Å². The number of alkyl carbamates (subject to hydrolysis) is 1. The predicted molar refractivity (Wildman–Crippen MR) is 54.2 cm³/mol. The number of carboxylic acid groups (broad SMARTS) is 1. The van der Waals surface area contributed by atoms with Gasteiger partial charge in [0.05, 0.1) is 0 Å². The fourth-order valence-electron chi connectivity index (χ4n) is 0.959. The van der Waals surface area contributed by atoms with E-state index < -0.39 is 18.1 Å². The van der Waals surface area contributed by atoms with Gasteiger partial charge in [-0.2, -0.15) is 0 Å². The molecule has 0 aliphatic heterocycles. The highest BCUT2D eigenvalue weighted by Gasteiger charge is 2.25. The molecule has 0 aliphatic rings. The maximum atomic E-state index is 11.0. The minimum atomic E-state index is -1.08. The fourth-order valence-corrected chi connectivity index (χ4v) is 0.959. The van der Waals surface area contributed by atoms with Crippen LogP contribution in [0.3, 0.4) is 0 Å². The quantitative estimate of drug-likeness (QED) is 0.664. The summed E-state index contributed by atoms with van der Waals surface area (Å²) in [6, 6.07) is -0.944. The molecule has 1 amide bonds. The first kappa shape index (κ1) is 13.3. The molecule has 0 bridgehead atoms. The Labute approximate surface area is 88.8 Å². The number of terminal acetylenes is 1. The Morgan fingerprint density at radius 2 is 2.20 bits per heavy atom. The summed E-state index contributed by atoms with van der Waals surface area (Å²) in [6.07, 6.45) is 4.72. The van der Waals surface area contributed by atoms with Crippen LogP contribution in [0, 0.1) is 18.3 Å². The van der Waals surface area contributed by atoms with Crippen LogP contribution < -0.4 is 5.32 Å². The number of hydrogen-bond acceptors (Lipinski definition) is 3. The van der Waals surface area contributed by atoms with Crippen LogP contribution in [-0.2, 0) is 9.53 Å². The maximum Gasteiger partial charge on any atom is 0.408 e. The maximum absolute atomic E-state index is 11.0. The van der Waals surface area contributed by atoms with Crippen LogP contribution >= 0.6 is 0 Å². The first-order valence-electron chi connectivity index (χ1n) is 4.62. The van der Waals surface area contributed by atoms with Gasteiger partial charge in [0.2, 0.25) is 0 Å². The third kappa shape index (κ3) is 4.91. The van der Waals surface area contributed by atoms with E-state index in [4.69, 9.17) is 11.5 Å². The zero-order valence-corrected chi connectivity index (χ0v) is 8.82. The Kier molecular flexibility index (Phi) is 5.95. The van der Waals surface area contributed by atoms with Crippen molar-refractivity contribution < 1.29 is 19.4 Å². The Hall–Kier alpha value is -1.70. The summed E-state index contributed by atoms with van der Waals surface area (Å²) < 4.78 is 4.52. The number of carboxylic acids is 1. The number of amides is 1. The molecule has 0 aliphatic carbocycles.